The molecule has 5 rings (SSSR count). The lowest BCUT2D eigenvalue weighted by Crippen LogP contribution is -2.37. The Kier molecular flexibility index (Phi) is 4.34. The van der Waals surface area contributed by atoms with Crippen LogP contribution < -0.4 is 4.90 Å². The molecule has 0 aliphatic carbocycles. The standard InChI is InChI=1S/C23H24N4O2/c1-16-15-17-9-3-4-10-18(17)27(16)22(28)20-19-11-5-8-14-26(19)21(24-20)23(29)25-12-6-2-7-13-25/h3-5,8-11,14,16H,2,6-7,12-13,15H2,1H3. The normalized spacial score (nSPS) is 18.9. The van der Waals surface area contributed by atoms with Gasteiger partial charge in [0.1, 0.15) is 0 Å². The van der Waals surface area contributed by atoms with Gasteiger partial charge in [-0.15, -0.1) is 0 Å². The summed E-state index contributed by atoms with van der Waals surface area (Å²) in [6, 6.07) is 13.7. The molecule has 2 amide bonds. The smallest absolute Gasteiger partial charge is 0.290 e. The van der Waals surface area contributed by atoms with Crippen molar-refractivity contribution in [2.45, 2.75) is 38.6 Å². The Morgan fingerprint density at radius 1 is 0.966 bits per heavy atom. The number of para-hydroxylation sites is 1. The van der Waals surface area contributed by atoms with Gasteiger partial charge in [0.2, 0.25) is 5.82 Å². The number of hydrogen-bond acceptors (Lipinski definition) is 3. The largest absolute Gasteiger partial charge is 0.336 e. The lowest BCUT2D eigenvalue weighted by molar-refractivity contribution is 0.0711. The molecule has 148 valence electrons. The summed E-state index contributed by atoms with van der Waals surface area (Å²) in [6.07, 6.45) is 5.83. The summed E-state index contributed by atoms with van der Waals surface area (Å²) >= 11 is 0. The van der Waals surface area contributed by atoms with Crippen LogP contribution in [-0.4, -0.2) is 45.2 Å². The van der Waals surface area contributed by atoms with E-state index in [1.165, 1.54) is 5.56 Å². The number of nitrogens with zero attached hydrogens (tertiary/aromatic N) is 4. The van der Waals surface area contributed by atoms with Crippen LogP contribution in [0.25, 0.3) is 5.52 Å². The SMILES string of the molecule is CC1Cc2ccccc2N1C(=O)c1nc(C(=O)N2CCCCC2)n2ccccc12. The molecule has 1 aromatic carbocycles. The first-order valence-corrected chi connectivity index (χ1v) is 10.3. The van der Waals surface area contributed by atoms with Gasteiger partial charge in [0.05, 0.1) is 5.52 Å². The molecular formula is C23H24N4O2. The van der Waals surface area contributed by atoms with E-state index in [9.17, 15) is 9.59 Å². The number of carbonyl (C=O) groups excluding carboxylic acids is 2. The number of pyridine rings is 1. The van der Waals surface area contributed by atoms with Crippen molar-refractivity contribution in [1.82, 2.24) is 14.3 Å². The first-order valence-electron chi connectivity index (χ1n) is 10.3. The third-order valence-electron chi connectivity index (χ3n) is 6.01. The Bertz CT molecular complexity index is 1100. The number of rotatable bonds is 2. The van der Waals surface area contributed by atoms with E-state index in [4.69, 9.17) is 0 Å². The number of hydrogen-bond donors (Lipinski definition) is 0. The van der Waals surface area contributed by atoms with Gasteiger partial charge in [0.15, 0.2) is 5.69 Å². The fourth-order valence-electron chi connectivity index (χ4n) is 4.57. The van der Waals surface area contributed by atoms with Crippen molar-refractivity contribution >= 4 is 23.0 Å². The molecule has 1 saturated heterocycles. The molecule has 2 aliphatic heterocycles. The minimum atomic E-state index is -0.149. The van der Waals surface area contributed by atoms with Crippen LogP contribution in [0.15, 0.2) is 48.7 Å². The van der Waals surface area contributed by atoms with Gasteiger partial charge in [-0.25, -0.2) is 4.98 Å². The molecule has 6 heteroatoms. The molecule has 0 bridgehead atoms. The molecule has 0 spiro atoms. The summed E-state index contributed by atoms with van der Waals surface area (Å²) in [5.41, 5.74) is 3.12. The van der Waals surface area contributed by atoms with E-state index in [1.807, 2.05) is 52.4 Å². The highest BCUT2D eigenvalue weighted by Crippen LogP contribution is 2.33. The first kappa shape index (κ1) is 17.9. The minimum Gasteiger partial charge on any atom is -0.336 e. The van der Waals surface area contributed by atoms with Crippen molar-refractivity contribution in [2.75, 3.05) is 18.0 Å². The van der Waals surface area contributed by atoms with E-state index in [-0.39, 0.29) is 17.9 Å². The number of likely N-dealkylation sites (tertiary alicyclic amines) is 1. The number of carbonyl (C=O) groups is 2. The third kappa shape index (κ3) is 2.90. The Morgan fingerprint density at radius 3 is 2.55 bits per heavy atom. The molecule has 2 aliphatic rings. The van der Waals surface area contributed by atoms with Crippen molar-refractivity contribution < 1.29 is 9.59 Å². The van der Waals surface area contributed by atoms with E-state index < -0.39 is 0 Å². The molecular weight excluding hydrogens is 364 g/mol. The molecule has 2 aromatic heterocycles. The molecule has 0 saturated carbocycles. The van der Waals surface area contributed by atoms with E-state index >= 15 is 0 Å². The average Bonchev–Trinajstić information content (AvgIpc) is 3.31. The van der Waals surface area contributed by atoms with Crippen molar-refractivity contribution in [3.8, 4) is 0 Å². The second kappa shape index (κ2) is 7.03. The van der Waals surface area contributed by atoms with Gasteiger partial charge in [0.25, 0.3) is 11.8 Å². The molecule has 6 nitrogen and oxygen atoms in total. The molecule has 1 unspecified atom stereocenters. The van der Waals surface area contributed by atoms with Crippen molar-refractivity contribution in [2.24, 2.45) is 0 Å². The molecule has 0 radical (unpaired) electrons. The third-order valence-corrected chi connectivity index (χ3v) is 6.01. The van der Waals surface area contributed by atoms with E-state index in [1.54, 1.807) is 4.40 Å². The summed E-state index contributed by atoms with van der Waals surface area (Å²) in [4.78, 5) is 35.0. The van der Waals surface area contributed by atoms with Crippen molar-refractivity contribution in [3.63, 3.8) is 0 Å². The maximum absolute atomic E-state index is 13.6. The van der Waals surface area contributed by atoms with Gasteiger partial charge in [-0.3, -0.25) is 14.0 Å². The Balaban J connectivity index is 1.57. The van der Waals surface area contributed by atoms with Crippen LogP contribution in [-0.2, 0) is 6.42 Å². The number of piperidine rings is 1. The first-order chi connectivity index (χ1) is 14.1. The van der Waals surface area contributed by atoms with Crippen LogP contribution in [0.3, 0.4) is 0 Å². The Morgan fingerprint density at radius 2 is 1.72 bits per heavy atom. The summed E-state index contributed by atoms with van der Waals surface area (Å²) in [5, 5.41) is 0. The van der Waals surface area contributed by atoms with E-state index in [2.05, 4.69) is 18.0 Å². The number of aromatic nitrogens is 2. The zero-order chi connectivity index (χ0) is 20.0. The van der Waals surface area contributed by atoms with E-state index in [0.29, 0.717) is 17.0 Å². The molecule has 1 fully saturated rings. The zero-order valence-electron chi connectivity index (χ0n) is 16.5. The number of fused-ring (bicyclic) bond motifs is 2. The summed E-state index contributed by atoms with van der Waals surface area (Å²) in [5.74, 6) is 0.0784. The fourth-order valence-corrected chi connectivity index (χ4v) is 4.57. The highest BCUT2D eigenvalue weighted by atomic mass is 16.2. The van der Waals surface area contributed by atoms with Crippen LogP contribution >= 0.6 is 0 Å². The van der Waals surface area contributed by atoms with Crippen LogP contribution in [0.1, 0.15) is 52.9 Å². The lowest BCUT2D eigenvalue weighted by atomic mass is 10.1. The summed E-state index contributed by atoms with van der Waals surface area (Å²) < 4.78 is 1.76. The van der Waals surface area contributed by atoms with Gasteiger partial charge < -0.3 is 9.80 Å². The van der Waals surface area contributed by atoms with Gasteiger partial charge in [-0.1, -0.05) is 24.3 Å². The maximum atomic E-state index is 13.6. The predicted molar refractivity (Wildman–Crippen MR) is 111 cm³/mol. The predicted octanol–water partition coefficient (Wildman–Crippen LogP) is 3.55. The summed E-state index contributed by atoms with van der Waals surface area (Å²) in [6.45, 7) is 3.55. The zero-order valence-corrected chi connectivity index (χ0v) is 16.5. The van der Waals surface area contributed by atoms with E-state index in [0.717, 1.165) is 44.5 Å². The van der Waals surface area contributed by atoms with Crippen LogP contribution in [0, 0.1) is 0 Å². The number of amides is 2. The molecule has 3 aromatic rings. The van der Waals surface area contributed by atoms with Crippen molar-refractivity contribution in [1.29, 1.82) is 0 Å². The highest BCUT2D eigenvalue weighted by molar-refractivity contribution is 6.11. The minimum absolute atomic E-state index is 0.0570. The molecule has 29 heavy (non-hydrogen) atoms. The molecule has 0 N–H and O–H groups in total. The Labute approximate surface area is 169 Å². The second-order valence-corrected chi connectivity index (χ2v) is 7.95. The van der Waals surface area contributed by atoms with Gasteiger partial charge in [-0.05, 0) is 56.4 Å². The maximum Gasteiger partial charge on any atom is 0.290 e. The Hall–Kier alpha value is -3.15. The van der Waals surface area contributed by atoms with Crippen LogP contribution in [0.2, 0.25) is 0 Å². The highest BCUT2D eigenvalue weighted by Gasteiger charge is 2.34. The average molecular weight is 388 g/mol. The number of anilines is 1. The van der Waals surface area contributed by atoms with Gasteiger partial charge in [-0.2, -0.15) is 0 Å². The topological polar surface area (TPSA) is 57.9 Å². The number of imidazole rings is 1. The fraction of sp³-hybridized carbons (Fsp3) is 0.348. The number of benzene rings is 1. The summed E-state index contributed by atoms with van der Waals surface area (Å²) in [7, 11) is 0. The quantitative estimate of drug-likeness (QED) is 0.675. The van der Waals surface area contributed by atoms with Gasteiger partial charge in [0, 0.05) is 31.0 Å². The lowest BCUT2D eigenvalue weighted by Gasteiger charge is -2.26. The van der Waals surface area contributed by atoms with Crippen LogP contribution in [0.5, 0.6) is 0 Å². The van der Waals surface area contributed by atoms with Crippen LogP contribution in [0.4, 0.5) is 5.69 Å². The molecule has 1 atom stereocenters. The second-order valence-electron chi connectivity index (χ2n) is 7.95. The monoisotopic (exact) mass is 388 g/mol. The molecule has 4 heterocycles. The van der Waals surface area contributed by atoms with Gasteiger partial charge >= 0.3 is 0 Å². The van der Waals surface area contributed by atoms with Crippen molar-refractivity contribution in [3.05, 3.63) is 65.7 Å².